The minimum Gasteiger partial charge on any atom is -0.351 e. The molecule has 1 unspecified atom stereocenters. The van der Waals surface area contributed by atoms with E-state index in [2.05, 4.69) is 5.32 Å². The molecular weight excluding hydrogens is 424 g/mol. The lowest BCUT2D eigenvalue weighted by Gasteiger charge is -2.30. The Morgan fingerprint density at radius 1 is 1.13 bits per heavy atom. The number of amides is 2. The zero-order valence-corrected chi connectivity index (χ0v) is 18.2. The highest BCUT2D eigenvalue weighted by Gasteiger charge is 2.38. The molecule has 2 aromatic rings. The van der Waals surface area contributed by atoms with Crippen molar-refractivity contribution in [3.05, 3.63) is 57.2 Å². The van der Waals surface area contributed by atoms with Gasteiger partial charge in [-0.15, -0.1) is 11.3 Å². The van der Waals surface area contributed by atoms with Crippen LogP contribution in [-0.2, 0) is 20.9 Å². The van der Waals surface area contributed by atoms with Crippen LogP contribution in [0.15, 0.2) is 41.8 Å². The molecule has 0 spiro atoms. The Morgan fingerprint density at radius 2 is 1.83 bits per heavy atom. The number of thiophene rings is 1. The average molecular weight is 447 g/mol. The lowest BCUT2D eigenvalue weighted by molar-refractivity contribution is -0.144. The van der Waals surface area contributed by atoms with Crippen LogP contribution in [0.3, 0.4) is 0 Å². The summed E-state index contributed by atoms with van der Waals surface area (Å²) in [6, 6.07) is 8.62. The monoisotopic (exact) mass is 446 g/mol. The number of benzene rings is 1. The molecule has 2 amide bonds. The minimum atomic E-state index is -1.40. The third kappa shape index (κ3) is 5.15. The van der Waals surface area contributed by atoms with Gasteiger partial charge in [-0.2, -0.15) is 0 Å². The standard InChI is InChI=1S/C22H23ClN2O4S/c1-14(26)19(21(28)24-16-8-3-4-9-16)25(13-15-7-2-5-10-17(15)23)22(29)20(27)18-11-6-12-30-18/h2,5-7,10-12,16,19H,3-4,8-9,13H2,1H3,(H,24,28). The smallest absolute Gasteiger partial charge is 0.297 e. The molecule has 6 nitrogen and oxygen atoms in total. The SMILES string of the molecule is CC(=O)C(C(=O)NC1CCCC1)N(Cc1ccccc1Cl)C(=O)C(=O)c1cccs1. The normalized spacial score (nSPS) is 14.9. The maximum absolute atomic E-state index is 13.2. The van der Waals surface area contributed by atoms with Gasteiger partial charge in [-0.3, -0.25) is 19.2 Å². The van der Waals surface area contributed by atoms with Gasteiger partial charge < -0.3 is 10.2 Å². The van der Waals surface area contributed by atoms with Crippen LogP contribution in [0.4, 0.5) is 0 Å². The molecule has 1 N–H and O–H groups in total. The van der Waals surface area contributed by atoms with E-state index < -0.39 is 29.4 Å². The fourth-order valence-electron chi connectivity index (χ4n) is 3.63. The Labute approximate surface area is 184 Å². The molecule has 1 fully saturated rings. The van der Waals surface area contributed by atoms with Crippen molar-refractivity contribution in [3.63, 3.8) is 0 Å². The van der Waals surface area contributed by atoms with Gasteiger partial charge in [0.05, 0.1) is 4.88 Å². The number of nitrogens with zero attached hydrogens (tertiary/aromatic N) is 1. The van der Waals surface area contributed by atoms with Gasteiger partial charge in [-0.05, 0) is 42.8 Å². The van der Waals surface area contributed by atoms with Crippen molar-refractivity contribution in [2.75, 3.05) is 0 Å². The minimum absolute atomic E-state index is 0.0235. The van der Waals surface area contributed by atoms with E-state index in [4.69, 9.17) is 11.6 Å². The number of Topliss-reactive ketones (excluding diaryl/α,β-unsaturated/α-hetero) is 2. The number of ketones is 2. The zero-order chi connectivity index (χ0) is 21.7. The lowest BCUT2D eigenvalue weighted by Crippen LogP contribution is -2.55. The van der Waals surface area contributed by atoms with E-state index >= 15 is 0 Å². The summed E-state index contributed by atoms with van der Waals surface area (Å²) in [5.41, 5.74) is 0.548. The average Bonchev–Trinajstić information content (AvgIpc) is 3.41. The van der Waals surface area contributed by atoms with Crippen LogP contribution in [0, 0.1) is 0 Å². The van der Waals surface area contributed by atoms with Crippen LogP contribution in [0.5, 0.6) is 0 Å². The molecule has 0 bridgehead atoms. The summed E-state index contributed by atoms with van der Waals surface area (Å²) in [7, 11) is 0. The van der Waals surface area contributed by atoms with E-state index in [1.807, 2.05) is 0 Å². The van der Waals surface area contributed by atoms with Gasteiger partial charge in [0.1, 0.15) is 0 Å². The van der Waals surface area contributed by atoms with Gasteiger partial charge in [-0.1, -0.05) is 48.7 Å². The molecule has 1 aliphatic carbocycles. The molecule has 1 aliphatic rings. The third-order valence-electron chi connectivity index (χ3n) is 5.15. The van der Waals surface area contributed by atoms with E-state index in [1.54, 1.807) is 41.8 Å². The fraction of sp³-hybridized carbons (Fsp3) is 0.364. The predicted octanol–water partition coefficient (Wildman–Crippen LogP) is 3.63. The number of carbonyl (C=O) groups excluding carboxylic acids is 4. The molecule has 1 aromatic heterocycles. The largest absolute Gasteiger partial charge is 0.351 e. The summed E-state index contributed by atoms with van der Waals surface area (Å²) >= 11 is 7.38. The molecule has 0 radical (unpaired) electrons. The summed E-state index contributed by atoms with van der Waals surface area (Å²) < 4.78 is 0. The summed E-state index contributed by atoms with van der Waals surface area (Å²) in [5.74, 6) is -2.73. The quantitative estimate of drug-likeness (QED) is 0.381. The van der Waals surface area contributed by atoms with Crippen molar-refractivity contribution in [3.8, 4) is 0 Å². The number of halogens is 1. The first kappa shape index (κ1) is 22.2. The molecule has 1 aromatic carbocycles. The number of hydrogen-bond acceptors (Lipinski definition) is 5. The van der Waals surface area contributed by atoms with Crippen LogP contribution >= 0.6 is 22.9 Å². The van der Waals surface area contributed by atoms with Gasteiger partial charge in [-0.25, -0.2) is 0 Å². The van der Waals surface area contributed by atoms with E-state index in [0.29, 0.717) is 10.6 Å². The Morgan fingerprint density at radius 3 is 2.43 bits per heavy atom. The lowest BCUT2D eigenvalue weighted by atomic mass is 10.1. The van der Waals surface area contributed by atoms with Gasteiger partial charge in [0.2, 0.25) is 0 Å². The van der Waals surface area contributed by atoms with Crippen molar-refractivity contribution >= 4 is 46.3 Å². The first-order chi connectivity index (χ1) is 14.4. The molecule has 3 rings (SSSR count). The van der Waals surface area contributed by atoms with E-state index in [1.165, 1.54) is 6.92 Å². The predicted molar refractivity (Wildman–Crippen MR) is 116 cm³/mol. The van der Waals surface area contributed by atoms with Crippen molar-refractivity contribution in [2.24, 2.45) is 0 Å². The fourth-order valence-corrected chi connectivity index (χ4v) is 4.48. The maximum atomic E-state index is 13.2. The summed E-state index contributed by atoms with van der Waals surface area (Å²) in [6.45, 7) is 1.12. The molecule has 0 saturated heterocycles. The summed E-state index contributed by atoms with van der Waals surface area (Å²) in [6.07, 6.45) is 3.69. The molecular formula is C22H23ClN2O4S. The van der Waals surface area contributed by atoms with Crippen molar-refractivity contribution in [1.82, 2.24) is 10.2 Å². The highest BCUT2D eigenvalue weighted by Crippen LogP contribution is 2.22. The number of hydrogen-bond donors (Lipinski definition) is 1. The second-order valence-electron chi connectivity index (χ2n) is 7.33. The maximum Gasteiger partial charge on any atom is 0.297 e. The van der Waals surface area contributed by atoms with Crippen LogP contribution in [0.25, 0.3) is 0 Å². The van der Waals surface area contributed by atoms with Crippen LogP contribution in [0.1, 0.15) is 47.8 Å². The molecule has 1 atom stereocenters. The second kappa shape index (κ2) is 10.00. The highest BCUT2D eigenvalue weighted by atomic mass is 35.5. The molecule has 30 heavy (non-hydrogen) atoms. The van der Waals surface area contributed by atoms with Gasteiger partial charge in [0.15, 0.2) is 11.8 Å². The van der Waals surface area contributed by atoms with E-state index in [-0.39, 0.29) is 17.5 Å². The molecule has 1 heterocycles. The van der Waals surface area contributed by atoms with Crippen molar-refractivity contribution < 1.29 is 19.2 Å². The molecule has 1 saturated carbocycles. The van der Waals surface area contributed by atoms with Gasteiger partial charge in [0, 0.05) is 17.6 Å². The molecule has 158 valence electrons. The number of nitrogens with one attached hydrogen (secondary N) is 1. The third-order valence-corrected chi connectivity index (χ3v) is 6.38. The first-order valence-corrected chi connectivity index (χ1v) is 11.1. The Kier molecular flexibility index (Phi) is 7.39. The molecule has 0 aliphatic heterocycles. The Balaban J connectivity index is 1.93. The number of carbonyl (C=O) groups is 4. The zero-order valence-electron chi connectivity index (χ0n) is 16.6. The van der Waals surface area contributed by atoms with Crippen molar-refractivity contribution in [2.45, 2.75) is 51.2 Å². The van der Waals surface area contributed by atoms with Gasteiger partial charge in [0.25, 0.3) is 17.6 Å². The Hall–Kier alpha value is -2.51. The van der Waals surface area contributed by atoms with Gasteiger partial charge >= 0.3 is 0 Å². The summed E-state index contributed by atoms with van der Waals surface area (Å²) in [4.78, 5) is 52.7. The number of rotatable bonds is 8. The van der Waals surface area contributed by atoms with Crippen molar-refractivity contribution in [1.29, 1.82) is 0 Å². The first-order valence-electron chi connectivity index (χ1n) is 9.81. The Bertz CT molecular complexity index is 938. The summed E-state index contributed by atoms with van der Waals surface area (Å²) in [5, 5.41) is 4.95. The highest BCUT2D eigenvalue weighted by molar-refractivity contribution is 7.13. The van der Waals surface area contributed by atoms with Crippen LogP contribution in [-0.4, -0.2) is 40.4 Å². The van der Waals surface area contributed by atoms with Crippen LogP contribution < -0.4 is 5.32 Å². The molecule has 8 heteroatoms. The van der Waals surface area contributed by atoms with E-state index in [0.717, 1.165) is 41.9 Å². The van der Waals surface area contributed by atoms with Crippen LogP contribution in [0.2, 0.25) is 5.02 Å². The second-order valence-corrected chi connectivity index (χ2v) is 8.69. The van der Waals surface area contributed by atoms with E-state index in [9.17, 15) is 19.2 Å². The topological polar surface area (TPSA) is 83.6 Å².